The van der Waals surface area contributed by atoms with Gasteiger partial charge in [0.25, 0.3) is 0 Å². The van der Waals surface area contributed by atoms with E-state index in [1.54, 1.807) is 42.3 Å². The average molecular weight is 332 g/mol. The normalized spacial score (nSPS) is 13.2. The van der Waals surface area contributed by atoms with Crippen molar-refractivity contribution in [1.29, 1.82) is 10.5 Å². The lowest BCUT2D eigenvalue weighted by Gasteiger charge is -2.20. The molecule has 2 aromatic carbocycles. The van der Waals surface area contributed by atoms with Gasteiger partial charge in [0.1, 0.15) is 17.9 Å². The Kier molecular flexibility index (Phi) is 4.54. The number of para-hydroxylation sites is 1. The third kappa shape index (κ3) is 3.11. The van der Waals surface area contributed by atoms with Gasteiger partial charge >= 0.3 is 0 Å². The molecule has 0 spiro atoms. The number of carbonyl (C=O) groups is 1. The van der Waals surface area contributed by atoms with Crippen molar-refractivity contribution in [3.8, 4) is 17.9 Å². The zero-order valence-electron chi connectivity index (χ0n) is 13.7. The predicted octanol–water partition coefficient (Wildman–Crippen LogP) is 3.31. The highest BCUT2D eigenvalue weighted by Crippen LogP contribution is 2.35. The van der Waals surface area contributed by atoms with Crippen molar-refractivity contribution >= 4 is 23.0 Å². The molecule has 25 heavy (non-hydrogen) atoms. The third-order valence-electron chi connectivity index (χ3n) is 4.12. The van der Waals surface area contributed by atoms with Crippen molar-refractivity contribution in [1.82, 2.24) is 0 Å². The zero-order valence-corrected chi connectivity index (χ0v) is 13.7. The van der Waals surface area contributed by atoms with Crippen molar-refractivity contribution in [2.24, 2.45) is 0 Å². The first-order valence-corrected chi connectivity index (χ1v) is 7.86. The number of nitrogens with one attached hydrogen (secondary N) is 1. The zero-order chi connectivity index (χ0) is 17.8. The maximum Gasteiger partial charge on any atom is 0.227 e. The molecule has 1 aliphatic heterocycles. The number of hydrogen-bond acceptors (Lipinski definition) is 5. The summed E-state index contributed by atoms with van der Waals surface area (Å²) in [4.78, 5) is 13.7. The van der Waals surface area contributed by atoms with Crippen LogP contribution >= 0.6 is 0 Å². The number of nitrogens with zero attached hydrogens (tertiary/aromatic N) is 3. The molecule has 6 nitrogen and oxygen atoms in total. The summed E-state index contributed by atoms with van der Waals surface area (Å²) >= 11 is 0. The van der Waals surface area contributed by atoms with Crippen LogP contribution in [-0.4, -0.2) is 19.6 Å². The van der Waals surface area contributed by atoms with E-state index in [4.69, 9.17) is 4.74 Å². The lowest BCUT2D eigenvalue weighted by atomic mass is 10.1. The van der Waals surface area contributed by atoms with Crippen LogP contribution in [0.15, 0.2) is 36.4 Å². The minimum absolute atomic E-state index is 0.0839. The van der Waals surface area contributed by atoms with E-state index < -0.39 is 0 Å². The molecule has 0 aliphatic carbocycles. The quantitative estimate of drug-likeness (QED) is 0.928. The monoisotopic (exact) mass is 332 g/mol. The van der Waals surface area contributed by atoms with Gasteiger partial charge in [-0.05, 0) is 30.7 Å². The van der Waals surface area contributed by atoms with E-state index in [1.807, 2.05) is 6.07 Å². The molecule has 1 saturated heterocycles. The smallest absolute Gasteiger partial charge is 0.227 e. The Labute approximate surface area is 145 Å². The standard InChI is InChI=1S/C19H16N4O2/c1-25-17-10-15(7-8-16(17)23-9-3-6-18(23)24)22-19-13(11-20)4-2-5-14(19)12-21/h2,4-5,7-8,10,22H,3,6,9H2,1H3. The van der Waals surface area contributed by atoms with E-state index in [0.29, 0.717) is 41.2 Å². The van der Waals surface area contributed by atoms with Gasteiger partial charge in [0, 0.05) is 24.7 Å². The molecular weight excluding hydrogens is 316 g/mol. The van der Waals surface area contributed by atoms with Crippen LogP contribution in [0.1, 0.15) is 24.0 Å². The Morgan fingerprint density at radius 1 is 1.16 bits per heavy atom. The van der Waals surface area contributed by atoms with Crippen LogP contribution in [0.2, 0.25) is 0 Å². The lowest BCUT2D eigenvalue weighted by Crippen LogP contribution is -2.24. The molecule has 1 aliphatic rings. The predicted molar refractivity (Wildman–Crippen MR) is 93.7 cm³/mol. The first kappa shape index (κ1) is 16.4. The van der Waals surface area contributed by atoms with Crippen LogP contribution in [0, 0.1) is 22.7 Å². The largest absolute Gasteiger partial charge is 0.494 e. The fourth-order valence-corrected chi connectivity index (χ4v) is 2.90. The molecule has 6 heteroatoms. The minimum Gasteiger partial charge on any atom is -0.494 e. The summed E-state index contributed by atoms with van der Waals surface area (Å²) < 4.78 is 5.43. The highest BCUT2D eigenvalue weighted by Gasteiger charge is 2.24. The van der Waals surface area contributed by atoms with E-state index in [-0.39, 0.29) is 5.91 Å². The fraction of sp³-hybridized carbons (Fsp3) is 0.211. The van der Waals surface area contributed by atoms with Crippen LogP contribution in [0.4, 0.5) is 17.1 Å². The molecule has 3 rings (SSSR count). The number of nitriles is 2. The second-order valence-corrected chi connectivity index (χ2v) is 5.61. The maximum atomic E-state index is 12.0. The van der Waals surface area contributed by atoms with Crippen molar-refractivity contribution in [3.63, 3.8) is 0 Å². The second-order valence-electron chi connectivity index (χ2n) is 5.61. The van der Waals surface area contributed by atoms with Crippen LogP contribution in [0.3, 0.4) is 0 Å². The summed E-state index contributed by atoms with van der Waals surface area (Å²) in [7, 11) is 1.55. The van der Waals surface area contributed by atoms with E-state index in [2.05, 4.69) is 17.5 Å². The molecule has 1 amide bonds. The topological polar surface area (TPSA) is 89.2 Å². The molecule has 124 valence electrons. The molecule has 2 aromatic rings. The van der Waals surface area contributed by atoms with Gasteiger partial charge in [0.15, 0.2) is 0 Å². The SMILES string of the molecule is COc1cc(Nc2c(C#N)cccc2C#N)ccc1N1CCCC1=O. The van der Waals surface area contributed by atoms with Crippen LogP contribution in [0.25, 0.3) is 0 Å². The van der Waals surface area contributed by atoms with Crippen LogP contribution in [-0.2, 0) is 4.79 Å². The third-order valence-corrected chi connectivity index (χ3v) is 4.12. The minimum atomic E-state index is 0.0839. The number of amides is 1. The maximum absolute atomic E-state index is 12.0. The van der Waals surface area contributed by atoms with Crippen LogP contribution in [0.5, 0.6) is 5.75 Å². The van der Waals surface area contributed by atoms with Gasteiger partial charge in [-0.25, -0.2) is 0 Å². The van der Waals surface area contributed by atoms with Gasteiger partial charge in [0.05, 0.1) is 29.6 Å². The van der Waals surface area contributed by atoms with Gasteiger partial charge < -0.3 is 15.0 Å². The molecule has 1 fully saturated rings. The van der Waals surface area contributed by atoms with Gasteiger partial charge in [-0.3, -0.25) is 4.79 Å². The van der Waals surface area contributed by atoms with Crippen molar-refractivity contribution < 1.29 is 9.53 Å². The second kappa shape index (κ2) is 6.94. The van der Waals surface area contributed by atoms with E-state index in [1.165, 1.54) is 0 Å². The van der Waals surface area contributed by atoms with Gasteiger partial charge in [-0.2, -0.15) is 10.5 Å². The summed E-state index contributed by atoms with van der Waals surface area (Å²) in [6.07, 6.45) is 1.38. The number of anilines is 3. The summed E-state index contributed by atoms with van der Waals surface area (Å²) in [5, 5.41) is 21.6. The number of ether oxygens (including phenoxy) is 1. The van der Waals surface area contributed by atoms with Gasteiger partial charge in [0.2, 0.25) is 5.91 Å². The van der Waals surface area contributed by atoms with E-state index >= 15 is 0 Å². The van der Waals surface area contributed by atoms with Gasteiger partial charge in [-0.1, -0.05) is 6.07 Å². The molecule has 1 heterocycles. The fourth-order valence-electron chi connectivity index (χ4n) is 2.90. The molecule has 0 bridgehead atoms. The number of carbonyl (C=O) groups excluding carboxylic acids is 1. The Bertz CT molecular complexity index is 876. The van der Waals surface area contributed by atoms with Gasteiger partial charge in [-0.15, -0.1) is 0 Å². The summed E-state index contributed by atoms with van der Waals surface area (Å²) in [5.41, 5.74) is 2.63. The highest BCUT2D eigenvalue weighted by molar-refractivity contribution is 5.97. The summed E-state index contributed by atoms with van der Waals surface area (Å²) in [6, 6.07) is 14.5. The summed E-state index contributed by atoms with van der Waals surface area (Å²) in [5.74, 6) is 0.647. The molecule has 0 atom stereocenters. The Morgan fingerprint density at radius 3 is 2.44 bits per heavy atom. The van der Waals surface area contributed by atoms with Crippen LogP contribution < -0.4 is 15.0 Å². The average Bonchev–Trinajstić information content (AvgIpc) is 3.07. The van der Waals surface area contributed by atoms with Crippen molar-refractivity contribution in [2.45, 2.75) is 12.8 Å². The molecular formula is C19H16N4O2. The number of rotatable bonds is 4. The van der Waals surface area contributed by atoms with Crippen molar-refractivity contribution in [3.05, 3.63) is 47.5 Å². The molecule has 0 unspecified atom stereocenters. The molecule has 1 N–H and O–H groups in total. The lowest BCUT2D eigenvalue weighted by molar-refractivity contribution is -0.117. The Morgan fingerprint density at radius 2 is 1.88 bits per heavy atom. The highest BCUT2D eigenvalue weighted by atomic mass is 16.5. The molecule has 0 radical (unpaired) electrons. The van der Waals surface area contributed by atoms with E-state index in [0.717, 1.165) is 12.1 Å². The first-order valence-electron chi connectivity index (χ1n) is 7.86. The number of benzene rings is 2. The molecule has 0 aromatic heterocycles. The Balaban J connectivity index is 1.97. The van der Waals surface area contributed by atoms with Crippen molar-refractivity contribution in [2.75, 3.05) is 23.9 Å². The van der Waals surface area contributed by atoms with E-state index in [9.17, 15) is 15.3 Å². The number of methoxy groups -OCH3 is 1. The first-order chi connectivity index (χ1) is 12.2. The summed E-state index contributed by atoms with van der Waals surface area (Å²) in [6.45, 7) is 0.678. The Hall–Kier alpha value is -3.51. The number of hydrogen-bond donors (Lipinski definition) is 1. The molecule has 0 saturated carbocycles.